The number of fused-ring (bicyclic) bond motifs is 1. The Hall–Kier alpha value is -1.79. The highest BCUT2D eigenvalue weighted by Crippen LogP contribution is 2.24. The van der Waals surface area contributed by atoms with Crippen LogP contribution in [-0.4, -0.2) is 15.9 Å². The van der Waals surface area contributed by atoms with Crippen molar-refractivity contribution in [1.82, 2.24) is 9.97 Å². The van der Waals surface area contributed by atoms with Gasteiger partial charge in [0, 0.05) is 22.6 Å². The lowest BCUT2D eigenvalue weighted by Crippen LogP contribution is -2.10. The van der Waals surface area contributed by atoms with Crippen molar-refractivity contribution in [1.29, 1.82) is 0 Å². The minimum absolute atomic E-state index is 0.134. The molecule has 0 saturated carbocycles. The number of aromatic nitrogens is 2. The van der Waals surface area contributed by atoms with E-state index in [0.717, 1.165) is 15.5 Å². The molecule has 94 valence electrons. The molecule has 0 radical (unpaired) electrons. The molecule has 0 atom stereocenters. The van der Waals surface area contributed by atoms with Crippen LogP contribution in [0.1, 0.15) is 9.67 Å². The minimum Gasteiger partial charge on any atom is -0.321 e. The largest absolute Gasteiger partial charge is 0.321 e. The first kappa shape index (κ1) is 12.3. The Kier molecular flexibility index (Phi) is 3.27. The first-order chi connectivity index (χ1) is 9.24. The zero-order valence-electron chi connectivity index (χ0n) is 9.63. The number of carbonyl (C=O) groups is 1. The van der Waals surface area contributed by atoms with Crippen LogP contribution in [-0.2, 0) is 0 Å². The van der Waals surface area contributed by atoms with E-state index in [4.69, 9.17) is 0 Å². The predicted octanol–water partition coefficient (Wildman–Crippen LogP) is 3.71. The van der Waals surface area contributed by atoms with Gasteiger partial charge in [-0.1, -0.05) is 0 Å². The van der Waals surface area contributed by atoms with Crippen molar-refractivity contribution in [3.8, 4) is 0 Å². The Morgan fingerprint density at radius 1 is 1.16 bits per heavy atom. The molecule has 0 aliphatic rings. The lowest BCUT2D eigenvalue weighted by Gasteiger charge is -2.05. The Bertz CT molecular complexity index is 756. The van der Waals surface area contributed by atoms with Crippen molar-refractivity contribution in [2.75, 3.05) is 5.32 Å². The van der Waals surface area contributed by atoms with Crippen molar-refractivity contribution in [2.24, 2.45) is 0 Å². The third kappa shape index (κ3) is 2.50. The maximum Gasteiger partial charge on any atom is 0.266 e. The number of nitrogens with zero attached hydrogens (tertiary/aromatic N) is 2. The van der Waals surface area contributed by atoms with Crippen molar-refractivity contribution in [2.45, 2.75) is 0 Å². The fourth-order valence-corrected chi connectivity index (χ4v) is 3.13. The molecule has 1 amide bonds. The summed E-state index contributed by atoms with van der Waals surface area (Å²) in [6.07, 6.45) is 3.27. The molecule has 1 aromatic carbocycles. The molecule has 0 aliphatic carbocycles. The fourth-order valence-electron chi connectivity index (χ4n) is 1.68. The number of thiophene rings is 1. The molecule has 3 rings (SSSR count). The third-order valence-electron chi connectivity index (χ3n) is 2.55. The average Bonchev–Trinajstić information content (AvgIpc) is 2.85. The van der Waals surface area contributed by atoms with Gasteiger partial charge in [-0.3, -0.25) is 14.8 Å². The van der Waals surface area contributed by atoms with Gasteiger partial charge in [0.25, 0.3) is 5.91 Å². The molecule has 0 saturated heterocycles. The summed E-state index contributed by atoms with van der Waals surface area (Å²) in [5, 5.41) is 4.72. The monoisotopic (exact) mass is 333 g/mol. The second-order valence-electron chi connectivity index (χ2n) is 3.81. The summed E-state index contributed by atoms with van der Waals surface area (Å²) in [5.41, 5.74) is 2.27. The summed E-state index contributed by atoms with van der Waals surface area (Å²) >= 11 is 4.74. The number of amides is 1. The van der Waals surface area contributed by atoms with Gasteiger partial charge >= 0.3 is 0 Å². The second kappa shape index (κ2) is 5.07. The van der Waals surface area contributed by atoms with Gasteiger partial charge < -0.3 is 5.32 Å². The Balaban J connectivity index is 1.89. The van der Waals surface area contributed by atoms with Crippen LogP contribution >= 0.6 is 27.3 Å². The van der Waals surface area contributed by atoms with Crippen LogP contribution in [0.5, 0.6) is 0 Å². The first-order valence-corrected chi connectivity index (χ1v) is 7.16. The van der Waals surface area contributed by atoms with Crippen LogP contribution < -0.4 is 5.32 Å². The van der Waals surface area contributed by atoms with E-state index in [1.807, 2.05) is 29.6 Å². The third-order valence-corrected chi connectivity index (χ3v) is 4.39. The molecule has 0 fully saturated rings. The molecule has 6 heteroatoms. The molecule has 19 heavy (non-hydrogen) atoms. The van der Waals surface area contributed by atoms with E-state index in [1.54, 1.807) is 12.4 Å². The summed E-state index contributed by atoms with van der Waals surface area (Å²) in [5.74, 6) is -0.134. The molecular formula is C13H8BrN3OS. The lowest BCUT2D eigenvalue weighted by atomic mass is 10.2. The van der Waals surface area contributed by atoms with Crippen LogP contribution in [0.15, 0.2) is 46.5 Å². The van der Waals surface area contributed by atoms with Crippen LogP contribution in [0, 0.1) is 0 Å². The molecule has 2 aromatic heterocycles. The quantitative estimate of drug-likeness (QED) is 0.777. The van der Waals surface area contributed by atoms with Gasteiger partial charge in [-0.05, 0) is 45.6 Å². The highest BCUT2D eigenvalue weighted by Gasteiger charge is 2.11. The molecule has 1 N–H and O–H groups in total. The van der Waals surface area contributed by atoms with Crippen LogP contribution in [0.3, 0.4) is 0 Å². The number of benzene rings is 1. The molecule has 4 nitrogen and oxygen atoms in total. The number of halogens is 1. The van der Waals surface area contributed by atoms with E-state index in [9.17, 15) is 4.79 Å². The maximum absolute atomic E-state index is 12.1. The van der Waals surface area contributed by atoms with Gasteiger partial charge in [0.05, 0.1) is 11.0 Å². The van der Waals surface area contributed by atoms with Crippen molar-refractivity contribution in [3.05, 3.63) is 51.4 Å². The van der Waals surface area contributed by atoms with Gasteiger partial charge in [0.1, 0.15) is 4.88 Å². The smallest absolute Gasteiger partial charge is 0.266 e. The summed E-state index contributed by atoms with van der Waals surface area (Å²) in [7, 11) is 0. The number of nitrogens with one attached hydrogen (secondary N) is 1. The van der Waals surface area contributed by atoms with Gasteiger partial charge in [0.15, 0.2) is 0 Å². The van der Waals surface area contributed by atoms with Crippen LogP contribution in [0.2, 0.25) is 0 Å². The first-order valence-electron chi connectivity index (χ1n) is 5.49. The molecule has 0 bridgehead atoms. The fraction of sp³-hybridized carbons (Fsp3) is 0. The van der Waals surface area contributed by atoms with Gasteiger partial charge in [0.2, 0.25) is 0 Å². The van der Waals surface area contributed by atoms with Crippen LogP contribution in [0.25, 0.3) is 11.0 Å². The van der Waals surface area contributed by atoms with Crippen LogP contribution in [0.4, 0.5) is 5.69 Å². The van der Waals surface area contributed by atoms with E-state index in [0.29, 0.717) is 10.6 Å². The molecule has 2 heterocycles. The molecular weight excluding hydrogens is 326 g/mol. The SMILES string of the molecule is O=C(Nc1ccc2nccnc2c1)c1sccc1Br. The molecule has 0 spiro atoms. The molecule has 0 aliphatic heterocycles. The highest BCUT2D eigenvalue weighted by atomic mass is 79.9. The van der Waals surface area contributed by atoms with E-state index in [-0.39, 0.29) is 5.91 Å². The number of anilines is 1. The highest BCUT2D eigenvalue weighted by molar-refractivity contribution is 9.10. The van der Waals surface area contributed by atoms with E-state index in [1.165, 1.54) is 11.3 Å². The van der Waals surface area contributed by atoms with E-state index in [2.05, 4.69) is 31.2 Å². The minimum atomic E-state index is -0.134. The van der Waals surface area contributed by atoms with Gasteiger partial charge in [-0.25, -0.2) is 0 Å². The van der Waals surface area contributed by atoms with Crippen molar-refractivity contribution >= 4 is 49.9 Å². The Labute approximate surface area is 121 Å². The van der Waals surface area contributed by atoms with E-state index >= 15 is 0 Å². The van der Waals surface area contributed by atoms with Crippen molar-refractivity contribution in [3.63, 3.8) is 0 Å². The number of hydrogen-bond donors (Lipinski definition) is 1. The standard InChI is InChI=1S/C13H8BrN3OS/c14-9-3-6-19-12(9)13(18)17-8-1-2-10-11(7-8)16-5-4-15-10/h1-7H,(H,17,18). The zero-order valence-corrected chi connectivity index (χ0v) is 12.0. The summed E-state index contributed by atoms with van der Waals surface area (Å²) in [6, 6.07) is 7.31. The maximum atomic E-state index is 12.1. The number of rotatable bonds is 2. The molecule has 3 aromatic rings. The van der Waals surface area contributed by atoms with Gasteiger partial charge in [-0.2, -0.15) is 0 Å². The average molecular weight is 334 g/mol. The summed E-state index contributed by atoms with van der Waals surface area (Å²) in [6.45, 7) is 0. The summed E-state index contributed by atoms with van der Waals surface area (Å²) in [4.78, 5) is 21.1. The Morgan fingerprint density at radius 2 is 1.95 bits per heavy atom. The Morgan fingerprint density at radius 3 is 2.68 bits per heavy atom. The second-order valence-corrected chi connectivity index (χ2v) is 5.58. The lowest BCUT2D eigenvalue weighted by molar-refractivity contribution is 0.103. The number of carbonyl (C=O) groups excluding carboxylic acids is 1. The zero-order chi connectivity index (χ0) is 13.2. The number of hydrogen-bond acceptors (Lipinski definition) is 4. The normalized spacial score (nSPS) is 10.6. The molecule has 0 unspecified atom stereocenters. The van der Waals surface area contributed by atoms with E-state index < -0.39 is 0 Å². The topological polar surface area (TPSA) is 54.9 Å². The van der Waals surface area contributed by atoms with Crippen molar-refractivity contribution < 1.29 is 4.79 Å². The van der Waals surface area contributed by atoms with Gasteiger partial charge in [-0.15, -0.1) is 11.3 Å². The summed E-state index contributed by atoms with van der Waals surface area (Å²) < 4.78 is 0.801. The predicted molar refractivity (Wildman–Crippen MR) is 79.5 cm³/mol.